The van der Waals surface area contributed by atoms with Crippen LogP contribution in [-0.4, -0.2) is 0 Å². The Morgan fingerprint density at radius 2 is 1.00 bits per heavy atom. The monoisotopic (exact) mass is 779 g/mol. The Labute approximate surface area is 359 Å². The van der Waals surface area contributed by atoms with Gasteiger partial charge in [-0.05, 0) is 110 Å². The maximum absolute atomic E-state index is 9.12. The van der Waals surface area contributed by atoms with Gasteiger partial charge in [-0.2, -0.15) is 0 Å². The Bertz CT molecular complexity index is 4120. The summed E-state index contributed by atoms with van der Waals surface area (Å²) in [4.78, 5) is 1.99. The predicted molar refractivity (Wildman–Crippen MR) is 253 cm³/mol. The molecule has 0 atom stereocenters. The minimum absolute atomic E-state index is 0.0278. The third-order valence-electron chi connectivity index (χ3n) is 11.2. The lowest BCUT2D eigenvalue weighted by atomic mass is 9.96. The summed E-state index contributed by atoms with van der Waals surface area (Å²) in [6, 6.07) is 45.6. The van der Waals surface area contributed by atoms with Crippen LogP contribution < -0.4 is 4.90 Å². The molecular formula is C56H35NOS. The number of anilines is 3. The molecule has 12 aromatic rings. The normalized spacial score (nSPS) is 14.1. The summed E-state index contributed by atoms with van der Waals surface area (Å²) < 4.78 is 95.8. The molecule has 3 heteroatoms. The molecule has 12 rings (SSSR count). The van der Waals surface area contributed by atoms with E-state index in [-0.39, 0.29) is 35.3 Å². The molecule has 0 aliphatic heterocycles. The van der Waals surface area contributed by atoms with Crippen LogP contribution in [0, 0.1) is 0 Å². The molecule has 0 unspecified atom stereocenters. The number of rotatable bonds is 6. The summed E-state index contributed by atoms with van der Waals surface area (Å²) in [5, 5.41) is 8.41. The molecule has 0 saturated carbocycles. The summed E-state index contributed by atoms with van der Waals surface area (Å²) in [5.41, 5.74) is 5.55. The molecule has 0 spiro atoms. The van der Waals surface area contributed by atoms with E-state index >= 15 is 0 Å². The molecular weight excluding hydrogens is 735 g/mol. The van der Waals surface area contributed by atoms with Crippen molar-refractivity contribution in [3.05, 3.63) is 212 Å². The lowest BCUT2D eigenvalue weighted by molar-refractivity contribution is 0.673. The molecule has 0 saturated heterocycles. The second-order valence-corrected chi connectivity index (χ2v) is 15.6. The Hall–Kier alpha value is -7.46. The highest BCUT2D eigenvalue weighted by atomic mass is 32.1. The smallest absolute Gasteiger partial charge is 0.143 e. The first-order chi connectivity index (χ1) is 33.4. The van der Waals surface area contributed by atoms with Crippen LogP contribution in [-0.2, 0) is 0 Å². The van der Waals surface area contributed by atoms with Gasteiger partial charge in [0.2, 0.25) is 0 Å². The van der Waals surface area contributed by atoms with E-state index in [9.17, 15) is 0 Å². The van der Waals surface area contributed by atoms with E-state index in [1.165, 1.54) is 0 Å². The number of benzene rings is 10. The van der Waals surface area contributed by atoms with Crippen molar-refractivity contribution in [2.75, 3.05) is 4.90 Å². The number of hydrogen-bond donors (Lipinski definition) is 0. The number of fused-ring (bicyclic) bond motifs is 10. The Balaban J connectivity index is 1.13. The Morgan fingerprint density at radius 3 is 1.80 bits per heavy atom. The van der Waals surface area contributed by atoms with E-state index in [1.807, 2.05) is 89.8 Å². The second-order valence-electron chi connectivity index (χ2n) is 14.6. The quantitative estimate of drug-likeness (QED) is 0.167. The van der Waals surface area contributed by atoms with Crippen molar-refractivity contribution >= 4 is 92.1 Å². The molecule has 0 aliphatic carbocycles. The van der Waals surface area contributed by atoms with Gasteiger partial charge in [0.1, 0.15) is 11.2 Å². The van der Waals surface area contributed by atoms with E-state index in [0.29, 0.717) is 33.6 Å². The van der Waals surface area contributed by atoms with Crippen LogP contribution in [0.5, 0.6) is 0 Å². The highest BCUT2D eigenvalue weighted by Crippen LogP contribution is 2.45. The summed E-state index contributed by atoms with van der Waals surface area (Å²) in [7, 11) is 0. The highest BCUT2D eigenvalue weighted by Gasteiger charge is 2.19. The minimum Gasteiger partial charge on any atom is -0.455 e. The van der Waals surface area contributed by atoms with Gasteiger partial charge in [0.15, 0.2) is 0 Å². The molecule has 0 bridgehead atoms. The van der Waals surface area contributed by atoms with Gasteiger partial charge in [-0.15, -0.1) is 11.3 Å². The molecule has 276 valence electrons. The number of thiophene rings is 1. The van der Waals surface area contributed by atoms with E-state index in [4.69, 9.17) is 18.1 Å². The number of furan rings is 1. The molecule has 0 radical (unpaired) electrons. The fraction of sp³-hybridized carbons (Fsp3) is 0. The number of hydrogen-bond acceptors (Lipinski definition) is 3. The van der Waals surface area contributed by atoms with E-state index in [0.717, 1.165) is 69.3 Å². The zero-order chi connectivity index (χ0) is 47.6. The van der Waals surface area contributed by atoms with E-state index in [1.54, 1.807) is 29.5 Å². The molecule has 2 nitrogen and oxygen atoms in total. The standard InChI is InChI=1S/C56H35NOS/c1-3-12-36(13-4-1)40-18-11-19-44(31-40)57(45-25-29-50-52-28-23-39-17-8-10-21-48(39)56(52)59-54(50)35-45)46-32-42(37-14-5-2-6-15-37)30-43(33-46)41-24-26-49-51-27-22-38-16-7-9-20-47(38)55(51)58-53(49)34-41/h1-35H/i1D,2D,3D,4D,5D,6D,12D,13D,14D,15D. The average Bonchev–Trinajstić information content (AvgIpc) is 3.95. The first kappa shape index (κ1) is 25.0. The van der Waals surface area contributed by atoms with Gasteiger partial charge in [-0.1, -0.05) is 151 Å². The van der Waals surface area contributed by atoms with Gasteiger partial charge in [0, 0.05) is 53.4 Å². The molecule has 2 heterocycles. The van der Waals surface area contributed by atoms with Crippen molar-refractivity contribution in [2.24, 2.45) is 0 Å². The average molecular weight is 780 g/mol. The van der Waals surface area contributed by atoms with Crippen molar-refractivity contribution < 1.29 is 18.1 Å². The molecule has 0 N–H and O–H groups in total. The largest absolute Gasteiger partial charge is 0.455 e. The van der Waals surface area contributed by atoms with Crippen molar-refractivity contribution in [2.45, 2.75) is 0 Å². The predicted octanol–water partition coefficient (Wildman–Crippen LogP) is 16.7. The zero-order valence-electron chi connectivity index (χ0n) is 41.2. The SMILES string of the molecule is [2H]c1c([2H])c([2H])c(-c2cccc(N(c3cc(-c4ccc5c(c4)oc4c6ccccc6ccc54)cc(-c4c([2H])c([2H])c([2H])c([2H])c4[2H])c3)c3ccc4c(c3)sc3c5ccccc5ccc43)c2)c([2H])c1[2H]. The van der Waals surface area contributed by atoms with E-state index < -0.39 is 36.3 Å². The first-order valence-electron chi connectivity index (χ1n) is 24.2. The molecule has 0 amide bonds. The maximum atomic E-state index is 9.12. The van der Waals surface area contributed by atoms with Gasteiger partial charge in [-0.25, -0.2) is 0 Å². The third kappa shape index (κ3) is 5.70. The molecule has 2 aromatic heterocycles. The Kier molecular flexibility index (Phi) is 5.76. The van der Waals surface area contributed by atoms with Gasteiger partial charge >= 0.3 is 0 Å². The van der Waals surface area contributed by atoms with Gasteiger partial charge < -0.3 is 9.32 Å². The van der Waals surface area contributed by atoms with Crippen molar-refractivity contribution in [1.29, 1.82) is 0 Å². The van der Waals surface area contributed by atoms with Gasteiger partial charge in [-0.3, -0.25) is 0 Å². The summed E-state index contributed by atoms with van der Waals surface area (Å²) in [6.07, 6.45) is 0. The van der Waals surface area contributed by atoms with E-state index in [2.05, 4.69) is 48.5 Å². The maximum Gasteiger partial charge on any atom is 0.143 e. The number of nitrogens with zero attached hydrogens (tertiary/aromatic N) is 1. The fourth-order valence-corrected chi connectivity index (χ4v) is 9.67. The van der Waals surface area contributed by atoms with Crippen molar-refractivity contribution in [3.8, 4) is 33.4 Å². The fourth-order valence-electron chi connectivity index (χ4n) is 8.40. The second kappa shape index (κ2) is 13.6. The van der Waals surface area contributed by atoms with Crippen molar-refractivity contribution in [1.82, 2.24) is 0 Å². The lowest BCUT2D eigenvalue weighted by Crippen LogP contribution is -2.10. The molecule has 0 aliphatic rings. The van der Waals surface area contributed by atoms with Crippen molar-refractivity contribution in [3.63, 3.8) is 0 Å². The van der Waals surface area contributed by atoms with Gasteiger partial charge in [0.25, 0.3) is 0 Å². The van der Waals surface area contributed by atoms with Crippen LogP contribution in [0.1, 0.15) is 13.7 Å². The van der Waals surface area contributed by atoms with Crippen LogP contribution in [0.25, 0.3) is 97.0 Å². The van der Waals surface area contributed by atoms with Crippen LogP contribution in [0.15, 0.2) is 217 Å². The third-order valence-corrected chi connectivity index (χ3v) is 12.4. The van der Waals surface area contributed by atoms with Crippen LogP contribution in [0.4, 0.5) is 17.1 Å². The van der Waals surface area contributed by atoms with Crippen LogP contribution >= 0.6 is 11.3 Å². The Morgan fingerprint density at radius 1 is 0.390 bits per heavy atom. The van der Waals surface area contributed by atoms with Crippen LogP contribution in [0.2, 0.25) is 0 Å². The van der Waals surface area contributed by atoms with Gasteiger partial charge in [0.05, 0.1) is 13.7 Å². The summed E-state index contributed by atoms with van der Waals surface area (Å²) in [5.74, 6) is 0. The molecule has 59 heavy (non-hydrogen) atoms. The molecule has 10 aromatic carbocycles. The highest BCUT2D eigenvalue weighted by molar-refractivity contribution is 7.26. The topological polar surface area (TPSA) is 16.4 Å². The summed E-state index contributed by atoms with van der Waals surface area (Å²) in [6.45, 7) is 0. The summed E-state index contributed by atoms with van der Waals surface area (Å²) >= 11 is 1.68. The lowest BCUT2D eigenvalue weighted by Gasteiger charge is -2.27. The van der Waals surface area contributed by atoms with Crippen LogP contribution in [0.3, 0.4) is 0 Å². The minimum atomic E-state index is -0.497. The first-order valence-corrected chi connectivity index (χ1v) is 20.1. The molecule has 0 fully saturated rings. The zero-order valence-corrected chi connectivity index (χ0v) is 32.0.